The lowest BCUT2D eigenvalue weighted by Crippen LogP contribution is -2.48. The van der Waals surface area contributed by atoms with Crippen LogP contribution in [0.5, 0.6) is 11.5 Å². The zero-order valence-corrected chi connectivity index (χ0v) is 22.7. The van der Waals surface area contributed by atoms with Crippen LogP contribution in [0.2, 0.25) is 10.0 Å². The normalized spacial score (nSPS) is 19.9. The molecule has 0 spiro atoms. The molecular weight excluding hydrogens is 531 g/mol. The number of hydrogen-bond acceptors (Lipinski definition) is 7. The Morgan fingerprint density at radius 3 is 2.39 bits per heavy atom. The van der Waals surface area contributed by atoms with Crippen molar-refractivity contribution in [3.05, 3.63) is 57.6 Å². The summed E-state index contributed by atoms with van der Waals surface area (Å²) in [6.07, 6.45) is 0. The van der Waals surface area contributed by atoms with Gasteiger partial charge in [0.1, 0.15) is 5.92 Å². The molecule has 0 N–H and O–H groups in total. The topological polar surface area (TPSA) is 82.6 Å². The lowest BCUT2D eigenvalue weighted by atomic mass is 10.1. The number of rotatable bonds is 8. The number of likely N-dealkylation sites (tertiary alicyclic amines) is 1. The van der Waals surface area contributed by atoms with Crippen LogP contribution in [0.3, 0.4) is 0 Å². The van der Waals surface area contributed by atoms with Crippen molar-refractivity contribution in [2.24, 2.45) is 5.92 Å². The van der Waals surface area contributed by atoms with Crippen LogP contribution in [0.25, 0.3) is 0 Å². The van der Waals surface area contributed by atoms with Gasteiger partial charge in [-0.2, -0.15) is 0 Å². The molecule has 0 aliphatic carbocycles. The van der Waals surface area contributed by atoms with Gasteiger partial charge >= 0.3 is 0 Å². The number of nitrogens with zero attached hydrogens (tertiary/aromatic N) is 4. The van der Waals surface area contributed by atoms with Crippen molar-refractivity contribution < 1.29 is 23.9 Å². The molecule has 9 nitrogen and oxygen atoms in total. The Hall–Kier alpha value is -2.85. The molecule has 38 heavy (non-hydrogen) atoms. The zero-order valence-electron chi connectivity index (χ0n) is 21.2. The maximum Gasteiger partial charge on any atom is 0.290 e. The number of hydrogen-bond donors (Lipinski definition) is 0. The highest BCUT2D eigenvalue weighted by molar-refractivity contribution is 6.42. The number of carbonyl (C=O) groups excluding carboxylic acids is 3. The van der Waals surface area contributed by atoms with Crippen LogP contribution in [-0.4, -0.2) is 96.9 Å². The summed E-state index contributed by atoms with van der Waals surface area (Å²) in [5, 5.41) is 0.833. The first-order valence-corrected chi connectivity index (χ1v) is 13.4. The van der Waals surface area contributed by atoms with Crippen molar-refractivity contribution in [2.75, 3.05) is 59.7 Å². The Morgan fingerprint density at radius 1 is 0.921 bits per heavy atom. The Labute approximate surface area is 231 Å². The molecule has 0 aromatic heterocycles. The van der Waals surface area contributed by atoms with Crippen LogP contribution in [0.1, 0.15) is 11.1 Å². The molecule has 1 atom stereocenters. The minimum absolute atomic E-state index is 0.117. The zero-order chi connectivity index (χ0) is 26.8. The van der Waals surface area contributed by atoms with Crippen LogP contribution in [0.15, 0.2) is 36.4 Å². The van der Waals surface area contributed by atoms with Crippen LogP contribution >= 0.6 is 23.2 Å². The molecule has 2 saturated heterocycles. The highest BCUT2D eigenvalue weighted by Gasteiger charge is 2.44. The lowest BCUT2D eigenvalue weighted by molar-refractivity contribution is -0.144. The number of ketones is 1. The second-order valence-corrected chi connectivity index (χ2v) is 10.7. The fourth-order valence-electron chi connectivity index (χ4n) is 5.06. The summed E-state index contributed by atoms with van der Waals surface area (Å²) in [6, 6.07) is 11.2. The SMILES string of the molecule is CN(Cc1ccc(Cl)c(Cl)c1)C(=O)C1CN(CCN2CCN(Cc3ccc4c(c3)OCO4)CC2)C(=O)C1=O. The molecule has 2 amide bonds. The average molecular weight is 561 g/mol. The largest absolute Gasteiger partial charge is 0.454 e. The molecule has 2 aromatic carbocycles. The van der Waals surface area contributed by atoms with Gasteiger partial charge in [0.05, 0.1) is 10.0 Å². The molecule has 0 radical (unpaired) electrons. The molecule has 3 aliphatic heterocycles. The molecule has 5 rings (SSSR count). The number of ether oxygens (including phenoxy) is 2. The van der Waals surface area contributed by atoms with Crippen LogP contribution in [0, 0.1) is 5.92 Å². The number of benzene rings is 2. The van der Waals surface area contributed by atoms with E-state index in [4.69, 9.17) is 32.7 Å². The second-order valence-electron chi connectivity index (χ2n) is 9.92. The van der Waals surface area contributed by atoms with E-state index in [-0.39, 0.29) is 25.8 Å². The summed E-state index contributed by atoms with van der Waals surface area (Å²) < 4.78 is 10.9. The number of piperazine rings is 1. The second kappa shape index (κ2) is 11.5. The van der Waals surface area contributed by atoms with E-state index in [1.807, 2.05) is 12.1 Å². The smallest absolute Gasteiger partial charge is 0.290 e. The van der Waals surface area contributed by atoms with Crippen LogP contribution in [0.4, 0.5) is 0 Å². The van der Waals surface area contributed by atoms with Crippen molar-refractivity contribution in [2.45, 2.75) is 13.1 Å². The van der Waals surface area contributed by atoms with Gasteiger partial charge in [-0.15, -0.1) is 0 Å². The van der Waals surface area contributed by atoms with E-state index < -0.39 is 17.6 Å². The molecule has 202 valence electrons. The Kier molecular flexibility index (Phi) is 8.09. The Morgan fingerprint density at radius 2 is 1.63 bits per heavy atom. The van der Waals surface area contributed by atoms with Crippen molar-refractivity contribution in [1.82, 2.24) is 19.6 Å². The highest BCUT2D eigenvalue weighted by atomic mass is 35.5. The van der Waals surface area contributed by atoms with Gasteiger partial charge < -0.3 is 19.3 Å². The average Bonchev–Trinajstić information content (AvgIpc) is 3.49. The summed E-state index contributed by atoms with van der Waals surface area (Å²) in [5.74, 6) is -0.973. The third-order valence-corrected chi connectivity index (χ3v) is 8.03. The summed E-state index contributed by atoms with van der Waals surface area (Å²) in [7, 11) is 1.62. The predicted octanol–water partition coefficient (Wildman–Crippen LogP) is 2.53. The maximum absolute atomic E-state index is 13.0. The standard InChI is InChI=1S/C27H30Cl2N4O5/c1-30(14-18-2-4-21(28)22(29)12-18)26(35)20-16-33(27(36)25(20)34)11-10-31-6-8-32(9-7-31)15-19-3-5-23-24(13-19)38-17-37-23/h2-5,12-13,20H,6-11,14-17H2,1H3. The minimum Gasteiger partial charge on any atom is -0.454 e. The number of carbonyl (C=O) groups is 3. The van der Waals surface area contributed by atoms with E-state index >= 15 is 0 Å². The van der Waals surface area contributed by atoms with Gasteiger partial charge in [-0.3, -0.25) is 24.2 Å². The minimum atomic E-state index is -0.978. The van der Waals surface area contributed by atoms with E-state index in [1.165, 1.54) is 15.4 Å². The van der Waals surface area contributed by atoms with E-state index in [0.717, 1.165) is 49.8 Å². The molecule has 1 unspecified atom stereocenters. The maximum atomic E-state index is 13.0. The first-order valence-electron chi connectivity index (χ1n) is 12.6. The molecule has 11 heteroatoms. The first kappa shape index (κ1) is 26.7. The number of Topliss-reactive ketones (excluding diaryl/α,β-unsaturated/α-hetero) is 1. The number of fused-ring (bicyclic) bond motifs is 1. The molecule has 2 aromatic rings. The monoisotopic (exact) mass is 560 g/mol. The van der Waals surface area contributed by atoms with Crippen molar-refractivity contribution in [1.29, 1.82) is 0 Å². The number of halogens is 2. The quantitative estimate of drug-likeness (QED) is 0.362. The molecule has 0 bridgehead atoms. The van der Waals surface area contributed by atoms with Gasteiger partial charge in [0, 0.05) is 66.0 Å². The lowest BCUT2D eigenvalue weighted by Gasteiger charge is -2.35. The predicted molar refractivity (Wildman–Crippen MR) is 142 cm³/mol. The van der Waals surface area contributed by atoms with Crippen molar-refractivity contribution in [3.8, 4) is 11.5 Å². The molecule has 3 aliphatic rings. The summed E-state index contributed by atoms with van der Waals surface area (Å²) >= 11 is 12.0. The third kappa shape index (κ3) is 5.91. The van der Waals surface area contributed by atoms with Crippen molar-refractivity contribution >= 4 is 40.8 Å². The summed E-state index contributed by atoms with van der Waals surface area (Å²) in [4.78, 5) is 45.9. The fraction of sp³-hybridized carbons (Fsp3) is 0.444. The molecular formula is C27H30Cl2N4O5. The Bertz CT molecular complexity index is 1230. The summed E-state index contributed by atoms with van der Waals surface area (Å²) in [5.41, 5.74) is 1.98. The van der Waals surface area contributed by atoms with Crippen LogP contribution < -0.4 is 9.47 Å². The van der Waals surface area contributed by atoms with Crippen molar-refractivity contribution in [3.63, 3.8) is 0 Å². The first-order chi connectivity index (χ1) is 18.3. The fourth-order valence-corrected chi connectivity index (χ4v) is 5.38. The van der Waals surface area contributed by atoms with Gasteiger partial charge in [0.2, 0.25) is 18.5 Å². The molecule has 2 fully saturated rings. The van der Waals surface area contributed by atoms with Gasteiger partial charge in [-0.05, 0) is 35.4 Å². The van der Waals surface area contributed by atoms with Gasteiger partial charge in [0.15, 0.2) is 11.5 Å². The molecule has 3 heterocycles. The third-order valence-electron chi connectivity index (χ3n) is 7.29. The van der Waals surface area contributed by atoms with Crippen LogP contribution in [-0.2, 0) is 27.5 Å². The summed E-state index contributed by atoms with van der Waals surface area (Å²) in [6.45, 7) is 6.13. The van der Waals surface area contributed by atoms with E-state index in [2.05, 4.69) is 15.9 Å². The van der Waals surface area contributed by atoms with E-state index in [0.29, 0.717) is 23.1 Å². The number of amides is 2. The highest BCUT2D eigenvalue weighted by Crippen LogP contribution is 2.33. The van der Waals surface area contributed by atoms with Gasteiger partial charge in [0.25, 0.3) is 5.91 Å². The van der Waals surface area contributed by atoms with Gasteiger partial charge in [-0.25, -0.2) is 0 Å². The van der Waals surface area contributed by atoms with E-state index in [1.54, 1.807) is 25.2 Å². The Balaban J connectivity index is 1.07. The van der Waals surface area contributed by atoms with Gasteiger partial charge in [-0.1, -0.05) is 35.3 Å². The molecule has 0 saturated carbocycles. The van der Waals surface area contributed by atoms with E-state index in [9.17, 15) is 14.4 Å².